The average Bonchev–Trinajstić information content (AvgIpc) is 2.22. The fourth-order valence-electron chi connectivity index (χ4n) is 1.13. The van der Waals surface area contributed by atoms with E-state index in [1.165, 1.54) is 0 Å². The van der Waals surface area contributed by atoms with Crippen molar-refractivity contribution in [3.63, 3.8) is 0 Å². The van der Waals surface area contributed by atoms with E-state index in [-0.39, 0.29) is 0 Å². The molecule has 3 nitrogen and oxygen atoms in total. The van der Waals surface area contributed by atoms with Gasteiger partial charge in [0.2, 0.25) is 0 Å². The molecule has 0 saturated carbocycles. The molecule has 0 atom stereocenters. The normalized spacial score (nSPS) is 11.9. The lowest BCUT2D eigenvalue weighted by Gasteiger charge is -2.01. The molecule has 0 amide bonds. The van der Waals surface area contributed by atoms with Gasteiger partial charge in [-0.25, -0.2) is 22.5 Å². The first-order valence-electron chi connectivity index (χ1n) is 4.16. The summed E-state index contributed by atoms with van der Waals surface area (Å²) in [5, 5.41) is -1.05. The van der Waals surface area contributed by atoms with Gasteiger partial charge in [0.15, 0.2) is 23.3 Å². The summed E-state index contributed by atoms with van der Waals surface area (Å²) in [6.07, 6.45) is -0.776. The van der Waals surface area contributed by atoms with E-state index in [4.69, 9.17) is 1.37 Å². The third-order valence-corrected chi connectivity index (χ3v) is 1.81. The summed E-state index contributed by atoms with van der Waals surface area (Å²) in [5.74, 6) is -7.78. The van der Waals surface area contributed by atoms with Crippen LogP contribution in [0.4, 0.5) is 17.6 Å². The SMILES string of the molecule is [2H]c1nc2c(F)c(F)c(F)c(F)c2c(=O)[nH]1. The minimum atomic E-state index is -2.09. The van der Waals surface area contributed by atoms with E-state index in [1.54, 1.807) is 4.98 Å². The van der Waals surface area contributed by atoms with E-state index < -0.39 is 46.0 Å². The molecule has 2 rings (SSSR count). The van der Waals surface area contributed by atoms with Crippen LogP contribution >= 0.6 is 0 Å². The van der Waals surface area contributed by atoms with Crippen molar-refractivity contribution < 1.29 is 18.9 Å². The molecule has 1 heterocycles. The van der Waals surface area contributed by atoms with Gasteiger partial charge in [0.25, 0.3) is 5.56 Å². The summed E-state index contributed by atoms with van der Waals surface area (Å²) in [6.45, 7) is 0. The largest absolute Gasteiger partial charge is 0.313 e. The van der Waals surface area contributed by atoms with Crippen LogP contribution in [0.1, 0.15) is 1.37 Å². The van der Waals surface area contributed by atoms with Gasteiger partial charge in [0.05, 0.1) is 6.30 Å². The number of nitrogens with one attached hydrogen (secondary N) is 1. The summed E-state index contributed by atoms with van der Waals surface area (Å²) in [6, 6.07) is 0. The second-order valence-electron chi connectivity index (χ2n) is 2.66. The number of halogens is 4. The maximum Gasteiger partial charge on any atom is 0.261 e. The Kier molecular flexibility index (Phi) is 1.70. The second kappa shape index (κ2) is 3.04. The van der Waals surface area contributed by atoms with Crippen LogP contribution in [0.5, 0.6) is 0 Å². The van der Waals surface area contributed by atoms with E-state index in [0.29, 0.717) is 0 Å². The van der Waals surface area contributed by atoms with Gasteiger partial charge in [-0.2, -0.15) is 0 Å². The Morgan fingerprint density at radius 2 is 1.73 bits per heavy atom. The number of fused-ring (bicyclic) bond motifs is 1. The number of hydrogen-bond acceptors (Lipinski definition) is 2. The minimum Gasteiger partial charge on any atom is -0.313 e. The topological polar surface area (TPSA) is 45.8 Å². The maximum absolute atomic E-state index is 13.1. The van der Waals surface area contributed by atoms with Crippen molar-refractivity contribution in [3.8, 4) is 0 Å². The molecule has 0 radical (unpaired) electrons. The van der Waals surface area contributed by atoms with Crippen molar-refractivity contribution in [2.45, 2.75) is 0 Å². The number of hydrogen-bond donors (Lipinski definition) is 1. The number of aromatic amines is 1. The molecule has 0 bridgehead atoms. The van der Waals surface area contributed by atoms with Crippen LogP contribution in [0.25, 0.3) is 10.9 Å². The Bertz CT molecular complexity index is 655. The molecular weight excluding hydrogens is 216 g/mol. The van der Waals surface area contributed by atoms with Gasteiger partial charge in [0.1, 0.15) is 12.3 Å². The maximum atomic E-state index is 13.1. The van der Waals surface area contributed by atoms with Crippen molar-refractivity contribution in [1.29, 1.82) is 0 Å². The highest BCUT2D eigenvalue weighted by Gasteiger charge is 2.22. The standard InChI is InChI=1S/C8H2F4N2O/c9-3-2-7(13-1-14-8(2)15)6(12)5(11)4(3)10/h1H,(H,13,14,15)/i1D. The van der Waals surface area contributed by atoms with Gasteiger partial charge in [0, 0.05) is 0 Å². The highest BCUT2D eigenvalue weighted by atomic mass is 19.2. The average molecular weight is 219 g/mol. The summed E-state index contributed by atoms with van der Waals surface area (Å²) >= 11 is 0. The van der Waals surface area contributed by atoms with E-state index in [2.05, 4.69) is 4.98 Å². The van der Waals surface area contributed by atoms with Crippen molar-refractivity contribution in [3.05, 3.63) is 39.9 Å². The van der Waals surface area contributed by atoms with E-state index in [1.807, 2.05) is 0 Å². The Labute approximate surface area is 80.8 Å². The first-order chi connectivity index (χ1) is 7.43. The Balaban J connectivity index is 3.15. The first kappa shape index (κ1) is 8.39. The molecule has 2 aromatic rings. The van der Waals surface area contributed by atoms with Crippen molar-refractivity contribution in [2.75, 3.05) is 0 Å². The van der Waals surface area contributed by atoms with Crippen LogP contribution in [0.3, 0.4) is 0 Å². The van der Waals surface area contributed by atoms with Crippen molar-refractivity contribution in [1.82, 2.24) is 9.97 Å². The molecule has 0 unspecified atom stereocenters. The number of rotatable bonds is 0. The third kappa shape index (κ3) is 1.19. The summed E-state index contributed by atoms with van der Waals surface area (Å²) in [5.41, 5.74) is -2.25. The van der Waals surface area contributed by atoms with Gasteiger partial charge in [-0.3, -0.25) is 4.79 Å². The van der Waals surface area contributed by atoms with Gasteiger partial charge in [-0.15, -0.1) is 0 Å². The first-order valence-corrected chi connectivity index (χ1v) is 3.66. The lowest BCUT2D eigenvalue weighted by Crippen LogP contribution is -2.12. The molecule has 1 aromatic heterocycles. The fraction of sp³-hybridized carbons (Fsp3) is 0. The molecule has 15 heavy (non-hydrogen) atoms. The summed E-state index contributed by atoms with van der Waals surface area (Å²) in [4.78, 5) is 15.9. The molecule has 0 spiro atoms. The Morgan fingerprint density at radius 1 is 1.13 bits per heavy atom. The molecule has 0 fully saturated rings. The monoisotopic (exact) mass is 219 g/mol. The second-order valence-corrected chi connectivity index (χ2v) is 2.66. The molecule has 0 aliphatic rings. The highest BCUT2D eigenvalue weighted by molar-refractivity contribution is 5.78. The Morgan fingerprint density at radius 3 is 2.40 bits per heavy atom. The molecule has 7 heteroatoms. The number of H-pyrrole nitrogens is 1. The lowest BCUT2D eigenvalue weighted by molar-refractivity contribution is 0.416. The zero-order valence-corrected chi connectivity index (χ0v) is 6.87. The molecule has 0 saturated heterocycles. The van der Waals surface area contributed by atoms with Gasteiger partial charge >= 0.3 is 0 Å². The summed E-state index contributed by atoms with van der Waals surface area (Å²) in [7, 11) is 0. The van der Waals surface area contributed by atoms with Crippen LogP contribution in [0.15, 0.2) is 11.1 Å². The number of benzene rings is 1. The molecule has 0 aliphatic heterocycles. The van der Waals surface area contributed by atoms with Gasteiger partial charge < -0.3 is 4.98 Å². The van der Waals surface area contributed by atoms with Crippen molar-refractivity contribution >= 4 is 10.9 Å². The Hall–Kier alpha value is -1.92. The van der Waals surface area contributed by atoms with Crippen LogP contribution in [-0.4, -0.2) is 9.97 Å². The molecular formula is C8H2F4N2O. The van der Waals surface area contributed by atoms with Crippen LogP contribution in [0, 0.1) is 23.3 Å². The predicted octanol–water partition coefficient (Wildman–Crippen LogP) is 1.48. The van der Waals surface area contributed by atoms with Crippen LogP contribution in [0.2, 0.25) is 0 Å². The molecule has 78 valence electrons. The minimum absolute atomic E-state index is 0.776. The van der Waals surface area contributed by atoms with E-state index in [0.717, 1.165) is 0 Å². The van der Waals surface area contributed by atoms with Gasteiger partial charge in [-0.05, 0) is 0 Å². The third-order valence-electron chi connectivity index (χ3n) is 1.81. The van der Waals surface area contributed by atoms with Crippen molar-refractivity contribution in [2.24, 2.45) is 0 Å². The number of nitrogens with zero attached hydrogens (tertiary/aromatic N) is 1. The molecule has 1 aromatic carbocycles. The van der Waals surface area contributed by atoms with Crippen LogP contribution < -0.4 is 5.56 Å². The fourth-order valence-corrected chi connectivity index (χ4v) is 1.13. The predicted molar refractivity (Wildman–Crippen MR) is 42.2 cm³/mol. The van der Waals surface area contributed by atoms with Crippen LogP contribution in [-0.2, 0) is 0 Å². The quantitative estimate of drug-likeness (QED) is 0.414. The summed E-state index contributed by atoms with van der Waals surface area (Å²) < 4.78 is 58.8. The van der Waals surface area contributed by atoms with E-state index >= 15 is 0 Å². The zero-order chi connectivity index (χ0) is 12.0. The smallest absolute Gasteiger partial charge is 0.261 e. The lowest BCUT2D eigenvalue weighted by atomic mass is 10.2. The molecule has 1 N–H and O–H groups in total. The molecule has 0 aliphatic carbocycles. The highest BCUT2D eigenvalue weighted by Crippen LogP contribution is 2.22. The zero-order valence-electron chi connectivity index (χ0n) is 7.87. The van der Waals surface area contributed by atoms with Gasteiger partial charge in [-0.1, -0.05) is 0 Å². The van der Waals surface area contributed by atoms with E-state index in [9.17, 15) is 22.4 Å². The number of aromatic nitrogens is 2.